The molecule has 88 valence electrons. The van der Waals surface area contributed by atoms with E-state index in [1.807, 2.05) is 0 Å². The second kappa shape index (κ2) is 5.05. The first-order chi connectivity index (χ1) is 7.57. The standard InChI is InChI=1S/C11H15NO4/c1-8(13)12-9-5-6-11(15-3,16-4)10(7-9)14-2/h5-7H,1-4H3. The minimum atomic E-state index is -1.04. The average molecular weight is 225 g/mol. The molecule has 0 aliphatic heterocycles. The number of carbonyl (C=O) groups excluding carboxylic acids is 1. The Bertz CT molecular complexity index is 364. The van der Waals surface area contributed by atoms with E-state index in [0.29, 0.717) is 11.5 Å². The molecule has 0 saturated carbocycles. The summed E-state index contributed by atoms with van der Waals surface area (Å²) in [6.07, 6.45) is 4.90. The van der Waals surface area contributed by atoms with E-state index >= 15 is 0 Å². The summed E-state index contributed by atoms with van der Waals surface area (Å²) in [5.74, 6) is -0.862. The van der Waals surface area contributed by atoms with Crippen LogP contribution in [0.15, 0.2) is 29.0 Å². The normalized spacial score (nSPS) is 20.8. The Morgan fingerprint density at radius 2 is 1.94 bits per heavy atom. The summed E-state index contributed by atoms with van der Waals surface area (Å²) >= 11 is 0. The molecule has 0 spiro atoms. The zero-order chi connectivity index (χ0) is 12.2. The third kappa shape index (κ3) is 2.37. The molecular formula is C11H15NO4. The second-order valence-corrected chi connectivity index (χ2v) is 3.18. The summed E-state index contributed by atoms with van der Waals surface area (Å²) in [6.45, 7) is 1.38. The fourth-order valence-corrected chi connectivity index (χ4v) is 1.43. The highest BCUT2D eigenvalue weighted by Crippen LogP contribution is 2.27. The van der Waals surface area contributed by atoms with Crippen molar-refractivity contribution in [3.63, 3.8) is 0 Å². The van der Waals surface area contributed by atoms with Gasteiger partial charge in [-0.05, 0) is 12.2 Å². The van der Waals surface area contributed by atoms with E-state index in [0.717, 1.165) is 0 Å². The summed E-state index contributed by atoms with van der Waals surface area (Å²) in [7, 11) is 4.52. The Balaban J connectivity index is 3.09. The van der Waals surface area contributed by atoms with Crippen LogP contribution in [0, 0.1) is 0 Å². The molecule has 0 aromatic rings. The van der Waals surface area contributed by atoms with Gasteiger partial charge in [-0.15, -0.1) is 0 Å². The van der Waals surface area contributed by atoms with Crippen molar-refractivity contribution >= 4 is 11.6 Å². The summed E-state index contributed by atoms with van der Waals surface area (Å²) in [5, 5.41) is 0. The minimum Gasteiger partial charge on any atom is -0.495 e. The number of rotatable bonds is 3. The van der Waals surface area contributed by atoms with Crippen LogP contribution in [0.1, 0.15) is 6.92 Å². The summed E-state index contributed by atoms with van der Waals surface area (Å²) < 4.78 is 15.7. The molecule has 1 amide bonds. The van der Waals surface area contributed by atoms with Gasteiger partial charge in [0, 0.05) is 27.2 Å². The lowest BCUT2D eigenvalue weighted by atomic mass is 10.1. The molecule has 0 radical (unpaired) electrons. The van der Waals surface area contributed by atoms with Gasteiger partial charge < -0.3 is 14.2 Å². The fourth-order valence-electron chi connectivity index (χ4n) is 1.43. The monoisotopic (exact) mass is 225 g/mol. The number of methoxy groups -OCH3 is 3. The molecule has 0 bridgehead atoms. The molecule has 16 heavy (non-hydrogen) atoms. The molecule has 0 aromatic carbocycles. The van der Waals surface area contributed by atoms with E-state index in [1.165, 1.54) is 28.3 Å². The van der Waals surface area contributed by atoms with Crippen LogP contribution < -0.4 is 0 Å². The SMILES string of the molecule is COC1=CC(=NC(C)=O)C=CC1(OC)OC. The van der Waals surface area contributed by atoms with Crippen molar-refractivity contribution in [3.8, 4) is 0 Å². The van der Waals surface area contributed by atoms with Crippen molar-refractivity contribution in [1.82, 2.24) is 0 Å². The van der Waals surface area contributed by atoms with Gasteiger partial charge in [0.15, 0.2) is 5.76 Å². The molecule has 1 rings (SSSR count). The van der Waals surface area contributed by atoms with Gasteiger partial charge >= 0.3 is 0 Å². The molecule has 0 aromatic heterocycles. The van der Waals surface area contributed by atoms with Crippen molar-refractivity contribution in [3.05, 3.63) is 24.0 Å². The fraction of sp³-hybridized carbons (Fsp3) is 0.455. The maximum Gasteiger partial charge on any atom is 0.248 e. The minimum absolute atomic E-state index is 0.270. The van der Waals surface area contributed by atoms with Gasteiger partial charge in [-0.1, -0.05) is 0 Å². The molecule has 0 unspecified atom stereocenters. The molecule has 5 heteroatoms. The van der Waals surface area contributed by atoms with E-state index in [4.69, 9.17) is 14.2 Å². The Kier molecular flexibility index (Phi) is 3.98. The summed E-state index contributed by atoms with van der Waals surface area (Å²) in [4.78, 5) is 14.6. The van der Waals surface area contributed by atoms with Crippen molar-refractivity contribution in [2.75, 3.05) is 21.3 Å². The Morgan fingerprint density at radius 3 is 2.38 bits per heavy atom. The van der Waals surface area contributed by atoms with Crippen molar-refractivity contribution in [2.45, 2.75) is 12.7 Å². The number of carbonyl (C=O) groups is 1. The molecule has 0 heterocycles. The smallest absolute Gasteiger partial charge is 0.248 e. The largest absolute Gasteiger partial charge is 0.495 e. The van der Waals surface area contributed by atoms with Crippen LogP contribution in [0.4, 0.5) is 0 Å². The zero-order valence-electron chi connectivity index (χ0n) is 9.81. The lowest BCUT2D eigenvalue weighted by molar-refractivity contribution is -0.165. The number of allylic oxidation sites excluding steroid dienone is 2. The Morgan fingerprint density at radius 1 is 1.31 bits per heavy atom. The molecule has 0 saturated heterocycles. The van der Waals surface area contributed by atoms with Crippen molar-refractivity contribution in [1.29, 1.82) is 0 Å². The van der Waals surface area contributed by atoms with Gasteiger partial charge in [0.05, 0.1) is 12.8 Å². The maximum atomic E-state index is 10.9. The number of nitrogens with zero attached hydrogens (tertiary/aromatic N) is 1. The lowest BCUT2D eigenvalue weighted by Gasteiger charge is -2.30. The van der Waals surface area contributed by atoms with Crippen LogP contribution in [0.3, 0.4) is 0 Å². The van der Waals surface area contributed by atoms with Gasteiger partial charge in [-0.25, -0.2) is 4.99 Å². The Labute approximate surface area is 94.4 Å². The highest BCUT2D eigenvalue weighted by Gasteiger charge is 2.35. The average Bonchev–Trinajstić information content (AvgIpc) is 2.28. The van der Waals surface area contributed by atoms with Crippen LogP contribution in [0.25, 0.3) is 0 Å². The zero-order valence-corrected chi connectivity index (χ0v) is 9.81. The van der Waals surface area contributed by atoms with E-state index in [9.17, 15) is 4.79 Å². The second-order valence-electron chi connectivity index (χ2n) is 3.18. The van der Waals surface area contributed by atoms with Gasteiger partial charge in [-0.3, -0.25) is 4.79 Å². The van der Waals surface area contributed by atoms with E-state index in [1.54, 1.807) is 18.2 Å². The topological polar surface area (TPSA) is 57.1 Å². The first kappa shape index (κ1) is 12.6. The summed E-state index contributed by atoms with van der Waals surface area (Å²) in [6, 6.07) is 0. The predicted molar refractivity (Wildman–Crippen MR) is 59.1 cm³/mol. The summed E-state index contributed by atoms with van der Waals surface area (Å²) in [5.41, 5.74) is 0.508. The van der Waals surface area contributed by atoms with E-state index in [2.05, 4.69) is 4.99 Å². The first-order valence-electron chi connectivity index (χ1n) is 4.73. The maximum absolute atomic E-state index is 10.9. The lowest BCUT2D eigenvalue weighted by Crippen LogP contribution is -2.37. The van der Waals surface area contributed by atoms with Crippen molar-refractivity contribution < 1.29 is 19.0 Å². The van der Waals surface area contributed by atoms with Gasteiger partial charge in [0.25, 0.3) is 0 Å². The third-order valence-corrected chi connectivity index (χ3v) is 2.21. The van der Waals surface area contributed by atoms with E-state index < -0.39 is 5.79 Å². The van der Waals surface area contributed by atoms with Gasteiger partial charge in [0.2, 0.25) is 11.7 Å². The highest BCUT2D eigenvalue weighted by atomic mass is 16.7. The number of ether oxygens (including phenoxy) is 3. The molecule has 1 aliphatic carbocycles. The van der Waals surface area contributed by atoms with Gasteiger partial charge in [0.1, 0.15) is 0 Å². The first-order valence-corrected chi connectivity index (χ1v) is 4.73. The van der Waals surface area contributed by atoms with Crippen LogP contribution in [0.2, 0.25) is 0 Å². The molecular weight excluding hydrogens is 210 g/mol. The Hall–Kier alpha value is -1.46. The number of hydrogen-bond acceptors (Lipinski definition) is 4. The quantitative estimate of drug-likeness (QED) is 0.674. The number of aliphatic imine (C=N–C) groups is 1. The van der Waals surface area contributed by atoms with Crippen LogP contribution in [0.5, 0.6) is 0 Å². The number of amides is 1. The molecule has 1 aliphatic rings. The molecule has 0 fully saturated rings. The van der Waals surface area contributed by atoms with Crippen molar-refractivity contribution in [2.24, 2.45) is 4.99 Å². The number of hydrogen-bond donors (Lipinski definition) is 0. The van der Waals surface area contributed by atoms with Crippen LogP contribution in [-0.2, 0) is 19.0 Å². The molecule has 0 atom stereocenters. The third-order valence-electron chi connectivity index (χ3n) is 2.21. The molecule has 0 N–H and O–H groups in total. The van der Waals surface area contributed by atoms with E-state index in [-0.39, 0.29) is 5.91 Å². The highest BCUT2D eigenvalue weighted by molar-refractivity contribution is 6.10. The predicted octanol–water partition coefficient (Wildman–Crippen LogP) is 1.06. The van der Waals surface area contributed by atoms with Crippen LogP contribution >= 0.6 is 0 Å². The van der Waals surface area contributed by atoms with Crippen LogP contribution in [-0.4, -0.2) is 38.7 Å². The molecule has 5 nitrogen and oxygen atoms in total. The van der Waals surface area contributed by atoms with Gasteiger partial charge in [-0.2, -0.15) is 0 Å².